The summed E-state index contributed by atoms with van der Waals surface area (Å²) in [6, 6.07) is 0.427. The van der Waals surface area contributed by atoms with Gasteiger partial charge in [0.2, 0.25) is 0 Å². The lowest BCUT2D eigenvalue weighted by atomic mass is 10.0. The molecule has 2 aliphatic rings. The molecule has 0 radical (unpaired) electrons. The number of aryl methyl sites for hydroxylation is 2. The number of alkyl halides is 1. The van der Waals surface area contributed by atoms with Crippen molar-refractivity contribution < 1.29 is 14.0 Å². The number of rotatable bonds is 1. The standard InChI is InChI=1S/C14H15ClFN3O2/c1-7-4-9(15)8(2)17-11(7)19-12(20)10-5-14(3,16)6-18(10)13(19)21/h4,10H,5-6H2,1-3H3. The summed E-state index contributed by atoms with van der Waals surface area (Å²) in [5.74, 6) is -0.138. The van der Waals surface area contributed by atoms with E-state index in [-0.39, 0.29) is 18.8 Å². The summed E-state index contributed by atoms with van der Waals surface area (Å²) in [6.45, 7) is 4.78. The lowest BCUT2D eigenvalue weighted by Crippen LogP contribution is -2.38. The first-order chi connectivity index (χ1) is 9.71. The van der Waals surface area contributed by atoms with Gasteiger partial charge in [-0.05, 0) is 32.4 Å². The summed E-state index contributed by atoms with van der Waals surface area (Å²) in [5, 5.41) is 0.479. The molecule has 112 valence electrons. The fourth-order valence-corrected chi connectivity index (χ4v) is 3.12. The van der Waals surface area contributed by atoms with Crippen molar-refractivity contribution in [3.05, 3.63) is 22.3 Å². The van der Waals surface area contributed by atoms with Crippen LogP contribution in [-0.2, 0) is 4.79 Å². The smallest absolute Gasteiger partial charge is 0.309 e. The minimum Gasteiger partial charge on any atom is -0.309 e. The zero-order valence-electron chi connectivity index (χ0n) is 12.0. The summed E-state index contributed by atoms with van der Waals surface area (Å²) in [7, 11) is 0. The molecule has 2 unspecified atom stereocenters. The summed E-state index contributed by atoms with van der Waals surface area (Å²) >= 11 is 5.99. The van der Waals surface area contributed by atoms with E-state index in [4.69, 9.17) is 11.6 Å². The van der Waals surface area contributed by atoms with Crippen LogP contribution in [0.4, 0.5) is 15.0 Å². The molecule has 7 heteroatoms. The number of amides is 3. The molecule has 3 rings (SSSR count). The van der Waals surface area contributed by atoms with Crippen molar-refractivity contribution in [1.82, 2.24) is 9.88 Å². The van der Waals surface area contributed by atoms with Gasteiger partial charge in [-0.25, -0.2) is 19.1 Å². The third-order valence-corrected chi connectivity index (χ3v) is 4.35. The number of fused-ring (bicyclic) bond motifs is 1. The molecule has 0 bridgehead atoms. The van der Waals surface area contributed by atoms with Crippen LogP contribution >= 0.6 is 11.6 Å². The van der Waals surface area contributed by atoms with Crippen molar-refractivity contribution in [2.45, 2.75) is 38.9 Å². The third kappa shape index (κ3) is 2.09. The number of anilines is 1. The van der Waals surface area contributed by atoms with Crippen LogP contribution in [0.25, 0.3) is 0 Å². The summed E-state index contributed by atoms with van der Waals surface area (Å²) in [6.07, 6.45) is 0.0275. The minimum atomic E-state index is -1.51. The molecule has 0 aliphatic carbocycles. The van der Waals surface area contributed by atoms with Crippen LogP contribution in [0.1, 0.15) is 24.6 Å². The maximum Gasteiger partial charge on any atom is 0.333 e. The van der Waals surface area contributed by atoms with Gasteiger partial charge in [0.05, 0.1) is 17.3 Å². The molecule has 2 atom stereocenters. The normalized spacial score (nSPS) is 28.5. The van der Waals surface area contributed by atoms with Gasteiger partial charge in [-0.15, -0.1) is 0 Å². The van der Waals surface area contributed by atoms with Gasteiger partial charge in [-0.3, -0.25) is 4.79 Å². The Kier molecular flexibility index (Phi) is 2.99. The molecule has 2 aliphatic heterocycles. The molecule has 3 amide bonds. The maximum atomic E-state index is 14.0. The highest BCUT2D eigenvalue weighted by Crippen LogP contribution is 2.38. The number of hydrogen-bond donors (Lipinski definition) is 0. The highest BCUT2D eigenvalue weighted by atomic mass is 35.5. The zero-order chi connectivity index (χ0) is 15.5. The van der Waals surface area contributed by atoms with E-state index in [2.05, 4.69) is 4.98 Å². The Hall–Kier alpha value is -1.69. The van der Waals surface area contributed by atoms with Gasteiger partial charge < -0.3 is 4.90 Å². The second-order valence-electron chi connectivity index (χ2n) is 5.91. The van der Waals surface area contributed by atoms with Gasteiger partial charge in [0, 0.05) is 6.42 Å². The average Bonchev–Trinajstić information content (AvgIpc) is 2.80. The van der Waals surface area contributed by atoms with Gasteiger partial charge in [-0.2, -0.15) is 0 Å². The van der Waals surface area contributed by atoms with E-state index < -0.39 is 23.6 Å². The van der Waals surface area contributed by atoms with Crippen LogP contribution in [-0.4, -0.2) is 40.1 Å². The molecule has 0 aromatic carbocycles. The first-order valence-corrected chi connectivity index (χ1v) is 7.06. The van der Waals surface area contributed by atoms with Crippen molar-refractivity contribution in [2.75, 3.05) is 11.4 Å². The molecule has 21 heavy (non-hydrogen) atoms. The lowest BCUT2D eigenvalue weighted by Gasteiger charge is -2.20. The van der Waals surface area contributed by atoms with E-state index in [9.17, 15) is 14.0 Å². The SMILES string of the molecule is Cc1cc(Cl)c(C)nc1N1C(=O)C2CC(C)(F)CN2C1=O. The van der Waals surface area contributed by atoms with Crippen LogP contribution in [0.5, 0.6) is 0 Å². The molecule has 3 heterocycles. The van der Waals surface area contributed by atoms with Crippen LogP contribution in [0.3, 0.4) is 0 Å². The van der Waals surface area contributed by atoms with Gasteiger partial charge >= 0.3 is 6.03 Å². The molecule has 5 nitrogen and oxygen atoms in total. The predicted molar refractivity (Wildman–Crippen MR) is 76.2 cm³/mol. The van der Waals surface area contributed by atoms with Crippen LogP contribution in [0.15, 0.2) is 6.07 Å². The van der Waals surface area contributed by atoms with Crippen molar-refractivity contribution >= 4 is 29.4 Å². The largest absolute Gasteiger partial charge is 0.333 e. The molecule has 2 fully saturated rings. The van der Waals surface area contributed by atoms with Gasteiger partial charge in [0.25, 0.3) is 5.91 Å². The van der Waals surface area contributed by atoms with Crippen LogP contribution in [0.2, 0.25) is 5.02 Å². The van der Waals surface area contributed by atoms with Crippen molar-refractivity contribution in [3.8, 4) is 0 Å². The lowest BCUT2D eigenvalue weighted by molar-refractivity contribution is -0.119. The van der Waals surface area contributed by atoms with Crippen LogP contribution in [0, 0.1) is 13.8 Å². The van der Waals surface area contributed by atoms with E-state index in [1.807, 2.05) is 0 Å². The third-order valence-electron chi connectivity index (χ3n) is 3.96. The first-order valence-electron chi connectivity index (χ1n) is 6.68. The van der Waals surface area contributed by atoms with E-state index in [1.165, 1.54) is 11.8 Å². The molecule has 1 aromatic heterocycles. The number of hydrogen-bond acceptors (Lipinski definition) is 3. The fourth-order valence-electron chi connectivity index (χ4n) is 2.92. The molecule has 0 spiro atoms. The van der Waals surface area contributed by atoms with E-state index >= 15 is 0 Å². The molecule has 0 saturated carbocycles. The number of pyridine rings is 1. The second-order valence-corrected chi connectivity index (χ2v) is 6.32. The van der Waals surface area contributed by atoms with Crippen molar-refractivity contribution in [2.24, 2.45) is 0 Å². The topological polar surface area (TPSA) is 53.5 Å². The number of carbonyl (C=O) groups excluding carboxylic acids is 2. The van der Waals surface area contributed by atoms with Gasteiger partial charge in [0.15, 0.2) is 0 Å². The first kappa shape index (κ1) is 14.3. The number of aromatic nitrogens is 1. The van der Waals surface area contributed by atoms with Crippen molar-refractivity contribution in [1.29, 1.82) is 0 Å². The highest BCUT2D eigenvalue weighted by molar-refractivity contribution is 6.31. The number of nitrogens with zero attached hydrogens (tertiary/aromatic N) is 3. The quantitative estimate of drug-likeness (QED) is 0.749. The molecular formula is C14H15ClFN3O2. The summed E-state index contributed by atoms with van der Waals surface area (Å²) in [4.78, 5) is 31.5. The van der Waals surface area contributed by atoms with E-state index in [1.54, 1.807) is 19.9 Å². The Balaban J connectivity index is 2.01. The predicted octanol–water partition coefficient (Wildman–Crippen LogP) is 2.62. The summed E-state index contributed by atoms with van der Waals surface area (Å²) < 4.78 is 14.0. The maximum absolute atomic E-state index is 14.0. The van der Waals surface area contributed by atoms with E-state index in [0.29, 0.717) is 16.3 Å². The average molecular weight is 312 g/mol. The Morgan fingerprint density at radius 2 is 2.10 bits per heavy atom. The highest BCUT2D eigenvalue weighted by Gasteiger charge is 2.55. The fraction of sp³-hybridized carbons (Fsp3) is 0.500. The Bertz CT molecular complexity index is 636. The molecular weight excluding hydrogens is 297 g/mol. The number of imide groups is 1. The molecule has 1 aromatic rings. The van der Waals surface area contributed by atoms with E-state index in [0.717, 1.165) is 4.90 Å². The Morgan fingerprint density at radius 1 is 1.43 bits per heavy atom. The van der Waals surface area contributed by atoms with Crippen LogP contribution < -0.4 is 4.90 Å². The number of carbonyl (C=O) groups is 2. The second kappa shape index (κ2) is 4.40. The minimum absolute atomic E-state index is 0.0275. The van der Waals surface area contributed by atoms with Crippen molar-refractivity contribution in [3.63, 3.8) is 0 Å². The molecule has 0 N–H and O–H groups in total. The summed E-state index contributed by atoms with van der Waals surface area (Å²) in [5.41, 5.74) is -0.336. The molecule has 2 saturated heterocycles. The zero-order valence-corrected chi connectivity index (χ0v) is 12.7. The van der Waals surface area contributed by atoms with Gasteiger partial charge in [-0.1, -0.05) is 11.6 Å². The number of urea groups is 1. The Labute approximate surface area is 126 Å². The Morgan fingerprint density at radius 3 is 2.71 bits per heavy atom. The number of halogens is 2. The van der Waals surface area contributed by atoms with Gasteiger partial charge in [0.1, 0.15) is 17.5 Å². The monoisotopic (exact) mass is 311 g/mol.